The predicted octanol–water partition coefficient (Wildman–Crippen LogP) is 4.10. The van der Waals surface area contributed by atoms with E-state index in [1.807, 2.05) is 24.4 Å². The molecule has 0 amide bonds. The van der Waals surface area contributed by atoms with Crippen molar-refractivity contribution in [1.29, 1.82) is 0 Å². The molecule has 2 atom stereocenters. The van der Waals surface area contributed by atoms with Gasteiger partial charge in [0.05, 0.1) is 12.2 Å². The number of rotatable bonds is 6. The SMILES string of the molecule is CC(=C=CC[C@@H](O)c1ccccc1O)C[C@@H](O)c1cccs1. The molecule has 0 aliphatic rings. The Labute approximate surface area is 134 Å². The molecule has 22 heavy (non-hydrogen) atoms. The molecule has 1 heterocycles. The van der Waals surface area contributed by atoms with Crippen molar-refractivity contribution < 1.29 is 15.3 Å². The Morgan fingerprint density at radius 1 is 1.18 bits per heavy atom. The largest absolute Gasteiger partial charge is 0.508 e. The normalized spacial score (nSPS) is 13.2. The van der Waals surface area contributed by atoms with Crippen LogP contribution in [0, 0.1) is 0 Å². The third kappa shape index (κ3) is 4.58. The summed E-state index contributed by atoms with van der Waals surface area (Å²) in [5.74, 6) is 0.0946. The lowest BCUT2D eigenvalue weighted by atomic mass is 10.0. The Balaban J connectivity index is 1.94. The average molecular weight is 316 g/mol. The lowest BCUT2D eigenvalue weighted by molar-refractivity contribution is 0.177. The summed E-state index contributed by atoms with van der Waals surface area (Å²) < 4.78 is 0. The Morgan fingerprint density at radius 3 is 2.64 bits per heavy atom. The number of hydrogen-bond donors (Lipinski definition) is 3. The highest BCUT2D eigenvalue weighted by atomic mass is 32.1. The minimum atomic E-state index is -0.760. The molecule has 0 aliphatic heterocycles. The molecule has 1 aromatic carbocycles. The fraction of sp³-hybridized carbons (Fsp3) is 0.278. The molecule has 116 valence electrons. The van der Waals surface area contributed by atoms with Crippen LogP contribution in [0.1, 0.15) is 42.4 Å². The second-order valence-electron chi connectivity index (χ2n) is 5.17. The zero-order valence-corrected chi connectivity index (χ0v) is 13.3. The molecule has 4 heteroatoms. The number of aliphatic hydroxyl groups is 2. The maximum absolute atomic E-state index is 10.1. The monoisotopic (exact) mass is 316 g/mol. The summed E-state index contributed by atoms with van der Waals surface area (Å²) in [4.78, 5) is 0.940. The topological polar surface area (TPSA) is 60.7 Å². The van der Waals surface area contributed by atoms with Gasteiger partial charge in [-0.1, -0.05) is 24.3 Å². The van der Waals surface area contributed by atoms with Crippen LogP contribution >= 0.6 is 11.3 Å². The molecular weight excluding hydrogens is 296 g/mol. The first-order valence-corrected chi connectivity index (χ1v) is 8.04. The van der Waals surface area contributed by atoms with Gasteiger partial charge in [0.1, 0.15) is 5.75 Å². The molecule has 1 aromatic heterocycles. The zero-order chi connectivity index (χ0) is 15.9. The highest BCUT2D eigenvalue weighted by Crippen LogP contribution is 2.26. The van der Waals surface area contributed by atoms with Gasteiger partial charge in [0.15, 0.2) is 0 Å². The van der Waals surface area contributed by atoms with Gasteiger partial charge in [-0.25, -0.2) is 0 Å². The zero-order valence-electron chi connectivity index (χ0n) is 12.4. The molecule has 0 radical (unpaired) electrons. The first-order chi connectivity index (χ1) is 10.6. The Morgan fingerprint density at radius 2 is 1.95 bits per heavy atom. The molecule has 0 saturated carbocycles. The van der Waals surface area contributed by atoms with Crippen LogP contribution in [0.15, 0.2) is 59.2 Å². The van der Waals surface area contributed by atoms with Gasteiger partial charge in [-0.15, -0.1) is 17.1 Å². The molecule has 0 fully saturated rings. The minimum absolute atomic E-state index is 0.0946. The summed E-state index contributed by atoms with van der Waals surface area (Å²) in [6, 6.07) is 10.6. The van der Waals surface area contributed by atoms with E-state index in [1.165, 1.54) is 11.3 Å². The van der Waals surface area contributed by atoms with Crippen molar-refractivity contribution in [3.63, 3.8) is 0 Å². The van der Waals surface area contributed by atoms with Gasteiger partial charge in [0, 0.05) is 23.3 Å². The molecule has 2 rings (SSSR count). The van der Waals surface area contributed by atoms with Gasteiger partial charge in [-0.3, -0.25) is 0 Å². The van der Waals surface area contributed by atoms with Crippen LogP contribution in [0.25, 0.3) is 0 Å². The molecule has 3 N–H and O–H groups in total. The van der Waals surface area contributed by atoms with Gasteiger partial charge < -0.3 is 15.3 Å². The van der Waals surface area contributed by atoms with E-state index < -0.39 is 12.2 Å². The third-order valence-corrected chi connectivity index (χ3v) is 4.33. The number of para-hydroxylation sites is 1. The molecule has 0 aliphatic carbocycles. The van der Waals surface area contributed by atoms with Gasteiger partial charge >= 0.3 is 0 Å². The number of thiophene rings is 1. The second kappa shape index (κ2) is 7.97. The predicted molar refractivity (Wildman–Crippen MR) is 88.8 cm³/mol. The van der Waals surface area contributed by atoms with Crippen LogP contribution in [0.5, 0.6) is 5.75 Å². The smallest absolute Gasteiger partial charge is 0.121 e. The van der Waals surface area contributed by atoms with Crippen molar-refractivity contribution in [2.75, 3.05) is 0 Å². The summed E-state index contributed by atoms with van der Waals surface area (Å²) in [7, 11) is 0. The van der Waals surface area contributed by atoms with E-state index >= 15 is 0 Å². The number of hydrogen-bond acceptors (Lipinski definition) is 4. The fourth-order valence-corrected chi connectivity index (χ4v) is 2.88. The number of phenolic OH excluding ortho intramolecular Hbond substituents is 1. The number of aromatic hydroxyl groups is 1. The fourth-order valence-electron chi connectivity index (χ4n) is 2.17. The van der Waals surface area contributed by atoms with Gasteiger partial charge in [0.2, 0.25) is 0 Å². The Hall–Kier alpha value is -1.84. The molecule has 2 aromatic rings. The molecule has 0 saturated heterocycles. The average Bonchev–Trinajstić information content (AvgIpc) is 3.01. The van der Waals surface area contributed by atoms with Crippen molar-refractivity contribution in [1.82, 2.24) is 0 Å². The first-order valence-electron chi connectivity index (χ1n) is 7.16. The number of aliphatic hydroxyl groups excluding tert-OH is 2. The lowest BCUT2D eigenvalue weighted by Gasteiger charge is -2.09. The van der Waals surface area contributed by atoms with Crippen LogP contribution < -0.4 is 0 Å². The van der Waals surface area contributed by atoms with Crippen LogP contribution in [-0.2, 0) is 0 Å². The van der Waals surface area contributed by atoms with E-state index in [4.69, 9.17) is 0 Å². The number of benzene rings is 1. The first kappa shape index (κ1) is 16.5. The Bertz CT molecular complexity index is 655. The van der Waals surface area contributed by atoms with Crippen LogP contribution in [-0.4, -0.2) is 15.3 Å². The van der Waals surface area contributed by atoms with Crippen LogP contribution in [0.4, 0.5) is 0 Å². The third-order valence-electron chi connectivity index (χ3n) is 3.36. The van der Waals surface area contributed by atoms with Crippen molar-refractivity contribution in [3.05, 3.63) is 69.6 Å². The second-order valence-corrected chi connectivity index (χ2v) is 6.15. The maximum Gasteiger partial charge on any atom is 0.121 e. The summed E-state index contributed by atoms with van der Waals surface area (Å²) in [5, 5.41) is 31.7. The standard InChI is InChI=1S/C18H20O3S/c1-13(12-17(21)18-10-5-11-22-18)6-4-9-16(20)14-7-2-3-8-15(14)19/h2-5,7-8,10-11,16-17,19-21H,9,12H2,1H3/t6?,16-,17-/m1/s1. The van der Waals surface area contributed by atoms with E-state index in [-0.39, 0.29) is 5.75 Å². The Kier molecular flexibility index (Phi) is 5.99. The minimum Gasteiger partial charge on any atom is -0.508 e. The molecule has 0 spiro atoms. The molecule has 3 nitrogen and oxygen atoms in total. The van der Waals surface area contributed by atoms with E-state index in [0.717, 1.165) is 10.5 Å². The summed E-state index contributed by atoms with van der Waals surface area (Å²) in [5.41, 5.74) is 4.52. The summed E-state index contributed by atoms with van der Waals surface area (Å²) >= 11 is 1.53. The quantitative estimate of drug-likeness (QED) is 0.703. The summed E-state index contributed by atoms with van der Waals surface area (Å²) in [6.07, 6.45) is 1.36. The van der Waals surface area contributed by atoms with E-state index in [0.29, 0.717) is 18.4 Å². The van der Waals surface area contributed by atoms with Crippen molar-refractivity contribution >= 4 is 11.3 Å². The molecule has 0 bridgehead atoms. The summed E-state index contributed by atoms with van der Waals surface area (Å²) in [6.45, 7) is 1.90. The highest BCUT2D eigenvalue weighted by Gasteiger charge is 2.10. The van der Waals surface area contributed by atoms with Crippen LogP contribution in [0.3, 0.4) is 0 Å². The molecular formula is C18H20O3S. The molecule has 0 unspecified atom stereocenters. The van der Waals surface area contributed by atoms with Gasteiger partial charge in [-0.05, 0) is 36.1 Å². The van der Waals surface area contributed by atoms with Gasteiger partial charge in [0.25, 0.3) is 0 Å². The van der Waals surface area contributed by atoms with Crippen molar-refractivity contribution in [2.24, 2.45) is 0 Å². The van der Waals surface area contributed by atoms with Crippen molar-refractivity contribution in [3.8, 4) is 5.75 Å². The van der Waals surface area contributed by atoms with E-state index in [2.05, 4.69) is 5.73 Å². The van der Waals surface area contributed by atoms with Gasteiger partial charge in [-0.2, -0.15) is 0 Å². The van der Waals surface area contributed by atoms with E-state index in [1.54, 1.807) is 30.3 Å². The maximum atomic E-state index is 10.1. The highest BCUT2D eigenvalue weighted by molar-refractivity contribution is 7.10. The lowest BCUT2D eigenvalue weighted by Crippen LogP contribution is -1.96. The van der Waals surface area contributed by atoms with E-state index in [9.17, 15) is 15.3 Å². The van der Waals surface area contributed by atoms with Crippen LogP contribution in [0.2, 0.25) is 0 Å². The number of phenols is 1. The van der Waals surface area contributed by atoms with Crippen molar-refractivity contribution in [2.45, 2.75) is 32.0 Å².